The van der Waals surface area contributed by atoms with E-state index in [2.05, 4.69) is 41.5 Å². The molecule has 2 heteroatoms. The molecule has 0 heterocycles. The summed E-state index contributed by atoms with van der Waals surface area (Å²) in [5.74, 6) is 2.47. The minimum atomic E-state index is -0.139. The molecule has 0 radical (unpaired) electrons. The number of hydrogen-bond donors (Lipinski definition) is 0. The van der Waals surface area contributed by atoms with Gasteiger partial charge in [-0.1, -0.05) is 35.6 Å². The van der Waals surface area contributed by atoms with Crippen LogP contribution in [0.5, 0.6) is 0 Å². The maximum atomic E-state index is 4.86. The first-order valence-corrected chi connectivity index (χ1v) is 7.73. The molecule has 0 saturated carbocycles. The van der Waals surface area contributed by atoms with Gasteiger partial charge in [0, 0.05) is 20.5 Å². The van der Waals surface area contributed by atoms with E-state index in [1.807, 2.05) is 0 Å². The fourth-order valence-corrected chi connectivity index (χ4v) is 0.283. The second-order valence-corrected chi connectivity index (χ2v) is 6.63. The van der Waals surface area contributed by atoms with Gasteiger partial charge in [0.15, 0.2) is 0 Å². The molecule has 0 aromatic rings. The van der Waals surface area contributed by atoms with Crippen molar-refractivity contribution in [3.05, 3.63) is 0 Å². The van der Waals surface area contributed by atoms with Crippen LogP contribution in [0.4, 0.5) is 0 Å². The third-order valence-corrected chi connectivity index (χ3v) is 0.635. The quantitative estimate of drug-likeness (QED) is 0.352. The maximum Gasteiger partial charge on any atom is 0.0274 e. The lowest BCUT2D eigenvalue weighted by atomic mass is 10.5. The Labute approximate surface area is 68.8 Å². The van der Waals surface area contributed by atoms with Crippen molar-refractivity contribution in [2.75, 3.05) is 5.33 Å². The normalized spacial score (nSPS) is 7.56. The highest BCUT2D eigenvalue weighted by Gasteiger charge is 1.71. The molecule has 0 aromatic carbocycles. The zero-order valence-corrected chi connectivity index (χ0v) is 9.19. The molecule has 0 amide bonds. The summed E-state index contributed by atoms with van der Waals surface area (Å²) >= 11 is 3.17. The van der Waals surface area contributed by atoms with Gasteiger partial charge in [0.2, 0.25) is 0 Å². The summed E-state index contributed by atoms with van der Waals surface area (Å²) in [7, 11) is -0.139. The molecule has 54 valence electrons. The van der Waals surface area contributed by atoms with Crippen molar-refractivity contribution in [2.24, 2.45) is 0 Å². The molecular formula is C7H15BrSi. The van der Waals surface area contributed by atoms with Crippen molar-refractivity contribution in [3.63, 3.8) is 0 Å². The Morgan fingerprint density at radius 2 is 1.78 bits per heavy atom. The first-order valence-electron chi connectivity index (χ1n) is 3.14. The summed E-state index contributed by atoms with van der Waals surface area (Å²) in [4.78, 5) is 0. The molecule has 0 unspecified atom stereocenters. The summed E-state index contributed by atoms with van der Waals surface area (Å²) < 4.78 is 0. The molecule has 0 saturated heterocycles. The zero-order valence-electron chi connectivity index (χ0n) is 6.45. The third kappa shape index (κ3) is 63.5. The molecule has 0 aliphatic carbocycles. The number of hydrogen-bond acceptors (Lipinski definition) is 0. The van der Waals surface area contributed by atoms with Gasteiger partial charge < -0.3 is 0 Å². The molecule has 0 atom stereocenters. The summed E-state index contributed by atoms with van der Waals surface area (Å²) in [6, 6.07) is 0. The van der Waals surface area contributed by atoms with Gasteiger partial charge in [-0.3, -0.25) is 0 Å². The maximum absolute atomic E-state index is 4.86. The van der Waals surface area contributed by atoms with Crippen LogP contribution in [0.1, 0.15) is 6.42 Å². The van der Waals surface area contributed by atoms with Crippen LogP contribution in [0.15, 0.2) is 0 Å². The van der Waals surface area contributed by atoms with Crippen LogP contribution < -0.4 is 0 Å². The largest absolute Gasteiger partial charge is 0.120 e. The van der Waals surface area contributed by atoms with Gasteiger partial charge in [-0.25, -0.2) is 0 Å². The van der Waals surface area contributed by atoms with Crippen LogP contribution >= 0.6 is 15.9 Å². The van der Waals surface area contributed by atoms with Crippen LogP contribution in [0.2, 0.25) is 19.6 Å². The lowest BCUT2D eigenvalue weighted by Gasteiger charge is -1.75. The summed E-state index contributed by atoms with van der Waals surface area (Å²) in [5.41, 5.74) is 0. The van der Waals surface area contributed by atoms with Crippen molar-refractivity contribution in [2.45, 2.75) is 26.1 Å². The first-order chi connectivity index (χ1) is 4.15. The Kier molecular flexibility index (Phi) is 14.8. The molecule has 0 aliphatic heterocycles. The van der Waals surface area contributed by atoms with Crippen LogP contribution in [0.3, 0.4) is 0 Å². The molecule has 0 aromatic heterocycles. The van der Waals surface area contributed by atoms with E-state index in [9.17, 15) is 0 Å². The van der Waals surface area contributed by atoms with Gasteiger partial charge in [-0.2, -0.15) is 0 Å². The fraction of sp³-hybridized carbons (Fsp3) is 0.714. The Morgan fingerprint density at radius 1 is 1.44 bits per heavy atom. The predicted molar refractivity (Wildman–Crippen MR) is 52.0 cm³/mol. The van der Waals surface area contributed by atoms with Crippen molar-refractivity contribution >= 4 is 24.7 Å². The number of halogens is 1. The molecule has 9 heavy (non-hydrogen) atoms. The molecule has 0 nitrogen and oxygen atoms in total. The number of rotatable bonds is 1. The lowest BCUT2D eigenvalue weighted by molar-refractivity contribution is 1.32. The van der Waals surface area contributed by atoms with Crippen molar-refractivity contribution in [3.8, 4) is 12.3 Å². The summed E-state index contributed by atoms with van der Waals surface area (Å²) in [5, 5.41) is 0.920. The van der Waals surface area contributed by atoms with Gasteiger partial charge >= 0.3 is 0 Å². The fourth-order valence-electron chi connectivity index (χ4n) is 0.0546. The van der Waals surface area contributed by atoms with Crippen molar-refractivity contribution in [1.82, 2.24) is 0 Å². The van der Waals surface area contributed by atoms with E-state index in [4.69, 9.17) is 6.42 Å². The Morgan fingerprint density at radius 3 is 1.78 bits per heavy atom. The highest BCUT2D eigenvalue weighted by Crippen LogP contribution is 1.80. The number of terminal acetylenes is 1. The standard InChI is InChI=1S/C4H5Br.C3H10Si/c1-2-3-4-5;1-4(2)3/h1H,3-4H2;4H,1-3H3. The van der Waals surface area contributed by atoms with E-state index >= 15 is 0 Å². The van der Waals surface area contributed by atoms with Gasteiger partial charge in [0.05, 0.1) is 0 Å². The lowest BCUT2D eigenvalue weighted by Crippen LogP contribution is -1.84. The van der Waals surface area contributed by atoms with Crippen LogP contribution in [-0.2, 0) is 0 Å². The monoisotopic (exact) mass is 206 g/mol. The molecule has 0 spiro atoms. The Hall–Kier alpha value is 0.257. The van der Waals surface area contributed by atoms with E-state index in [1.54, 1.807) is 0 Å². The molecule has 0 rings (SSSR count). The molecule has 0 N–H and O–H groups in total. The Bertz CT molecular complexity index is 70.7. The van der Waals surface area contributed by atoms with Gasteiger partial charge in [0.25, 0.3) is 0 Å². The van der Waals surface area contributed by atoms with Crippen molar-refractivity contribution in [1.29, 1.82) is 0 Å². The summed E-state index contributed by atoms with van der Waals surface area (Å²) in [6.07, 6.45) is 5.69. The highest BCUT2D eigenvalue weighted by atomic mass is 79.9. The topological polar surface area (TPSA) is 0 Å². The van der Waals surface area contributed by atoms with Crippen LogP contribution in [-0.4, -0.2) is 14.1 Å². The van der Waals surface area contributed by atoms with Gasteiger partial charge in [-0.15, -0.1) is 12.3 Å². The van der Waals surface area contributed by atoms with Crippen molar-refractivity contribution < 1.29 is 0 Å². The Balaban J connectivity index is 0. The van der Waals surface area contributed by atoms with E-state index in [0.717, 1.165) is 11.8 Å². The minimum Gasteiger partial charge on any atom is -0.120 e. The number of alkyl halides is 1. The van der Waals surface area contributed by atoms with E-state index in [-0.39, 0.29) is 8.80 Å². The highest BCUT2D eigenvalue weighted by molar-refractivity contribution is 9.09. The van der Waals surface area contributed by atoms with Crippen LogP contribution in [0, 0.1) is 12.3 Å². The average molecular weight is 207 g/mol. The first kappa shape index (κ1) is 12.0. The smallest absolute Gasteiger partial charge is 0.0274 e. The predicted octanol–water partition coefficient (Wildman–Crippen LogP) is 2.51. The zero-order chi connectivity index (χ0) is 7.70. The SMILES string of the molecule is C#CCCBr.C[SiH](C)C. The van der Waals surface area contributed by atoms with E-state index in [1.165, 1.54) is 0 Å². The van der Waals surface area contributed by atoms with Gasteiger partial charge in [-0.05, 0) is 0 Å². The molecule has 0 bridgehead atoms. The molecule has 0 fully saturated rings. The minimum absolute atomic E-state index is 0.139. The van der Waals surface area contributed by atoms with Crippen LogP contribution in [0.25, 0.3) is 0 Å². The second kappa shape index (κ2) is 11.1. The second-order valence-electron chi connectivity index (χ2n) is 2.38. The molecular weight excluding hydrogens is 192 g/mol. The average Bonchev–Trinajstić information content (AvgIpc) is 1.66. The van der Waals surface area contributed by atoms with E-state index < -0.39 is 0 Å². The summed E-state index contributed by atoms with van der Waals surface area (Å²) in [6.45, 7) is 6.92. The van der Waals surface area contributed by atoms with E-state index in [0.29, 0.717) is 0 Å². The van der Waals surface area contributed by atoms with Gasteiger partial charge in [0.1, 0.15) is 0 Å². The third-order valence-electron chi connectivity index (χ3n) is 0.239. The molecule has 0 aliphatic rings.